The molecule has 2 aromatic heterocycles. The number of carbonyl (C=O) groups is 1. The van der Waals surface area contributed by atoms with Crippen LogP contribution in [0.25, 0.3) is 0 Å². The Kier molecular flexibility index (Phi) is 4.13. The largest absolute Gasteiger partial charge is 0.296 e. The van der Waals surface area contributed by atoms with E-state index in [0.717, 1.165) is 15.9 Å². The molecule has 18 heavy (non-hydrogen) atoms. The first-order valence-electron chi connectivity index (χ1n) is 5.63. The highest BCUT2D eigenvalue weighted by molar-refractivity contribution is 9.11. The van der Waals surface area contributed by atoms with E-state index in [-0.39, 0.29) is 5.91 Å². The third-order valence-electron chi connectivity index (χ3n) is 2.42. The van der Waals surface area contributed by atoms with Crippen molar-refractivity contribution in [2.45, 2.75) is 26.8 Å². The van der Waals surface area contributed by atoms with Crippen molar-refractivity contribution in [2.75, 3.05) is 5.32 Å². The molecule has 0 radical (unpaired) electrons. The Morgan fingerprint density at radius 3 is 2.89 bits per heavy atom. The molecule has 7 heteroatoms. The van der Waals surface area contributed by atoms with Gasteiger partial charge in [0.25, 0.3) is 5.91 Å². The summed E-state index contributed by atoms with van der Waals surface area (Å²) in [6, 6.07) is 1.82. The van der Waals surface area contributed by atoms with E-state index >= 15 is 0 Å². The molecular formula is C11H13BrN4OS. The van der Waals surface area contributed by atoms with Gasteiger partial charge in [-0.25, -0.2) is 4.98 Å². The molecule has 0 saturated carbocycles. The van der Waals surface area contributed by atoms with Crippen LogP contribution in [-0.4, -0.2) is 20.7 Å². The van der Waals surface area contributed by atoms with Gasteiger partial charge in [0.05, 0.1) is 15.7 Å². The molecule has 0 aliphatic carbocycles. The van der Waals surface area contributed by atoms with Crippen molar-refractivity contribution in [1.82, 2.24) is 14.8 Å². The van der Waals surface area contributed by atoms with E-state index in [4.69, 9.17) is 0 Å². The molecule has 0 spiro atoms. The maximum atomic E-state index is 12.1. The predicted octanol–water partition coefficient (Wildman–Crippen LogP) is 2.94. The van der Waals surface area contributed by atoms with Gasteiger partial charge in [-0.2, -0.15) is 5.10 Å². The van der Waals surface area contributed by atoms with Crippen LogP contribution in [0.15, 0.2) is 16.0 Å². The molecule has 0 atom stereocenters. The first kappa shape index (κ1) is 13.2. The van der Waals surface area contributed by atoms with Gasteiger partial charge in [-0.15, -0.1) is 0 Å². The van der Waals surface area contributed by atoms with E-state index in [1.807, 2.05) is 19.9 Å². The Bertz CT molecular complexity index is 563. The minimum Gasteiger partial charge on any atom is -0.296 e. The van der Waals surface area contributed by atoms with Crippen molar-refractivity contribution < 1.29 is 4.79 Å². The number of hydrogen-bond donors (Lipinski definition) is 1. The lowest BCUT2D eigenvalue weighted by atomic mass is 10.3. The van der Waals surface area contributed by atoms with Crippen LogP contribution in [0, 0.1) is 0 Å². The zero-order valence-corrected chi connectivity index (χ0v) is 12.5. The number of nitrogens with zero attached hydrogens (tertiary/aromatic N) is 3. The van der Waals surface area contributed by atoms with E-state index in [9.17, 15) is 4.79 Å². The summed E-state index contributed by atoms with van der Waals surface area (Å²) < 4.78 is 2.59. The van der Waals surface area contributed by atoms with Crippen LogP contribution in [-0.2, 0) is 13.0 Å². The first-order chi connectivity index (χ1) is 8.63. The summed E-state index contributed by atoms with van der Waals surface area (Å²) in [5.41, 5.74) is 1.49. The zero-order chi connectivity index (χ0) is 13.1. The molecule has 96 valence electrons. The monoisotopic (exact) mass is 328 g/mol. The van der Waals surface area contributed by atoms with E-state index in [2.05, 4.69) is 31.3 Å². The minimum absolute atomic E-state index is 0.175. The van der Waals surface area contributed by atoms with Crippen molar-refractivity contribution in [2.24, 2.45) is 0 Å². The summed E-state index contributed by atoms with van der Waals surface area (Å²) in [6.07, 6.45) is 2.48. The molecule has 2 rings (SSSR count). The molecular weight excluding hydrogens is 316 g/mol. The predicted molar refractivity (Wildman–Crippen MR) is 75.0 cm³/mol. The van der Waals surface area contributed by atoms with Gasteiger partial charge >= 0.3 is 0 Å². The molecule has 5 nitrogen and oxygen atoms in total. The average Bonchev–Trinajstić information content (AvgIpc) is 2.95. The van der Waals surface area contributed by atoms with Gasteiger partial charge in [0, 0.05) is 6.54 Å². The number of halogens is 1. The van der Waals surface area contributed by atoms with Crippen LogP contribution in [0.4, 0.5) is 5.13 Å². The highest BCUT2D eigenvalue weighted by Gasteiger charge is 2.15. The Balaban J connectivity index is 2.20. The van der Waals surface area contributed by atoms with Crippen molar-refractivity contribution in [3.05, 3.63) is 27.4 Å². The van der Waals surface area contributed by atoms with Crippen molar-refractivity contribution in [3.63, 3.8) is 0 Å². The van der Waals surface area contributed by atoms with Crippen LogP contribution in [0.1, 0.15) is 30.0 Å². The summed E-state index contributed by atoms with van der Waals surface area (Å²) in [5.74, 6) is -0.175. The number of carbonyl (C=O) groups excluding carboxylic acids is 1. The van der Waals surface area contributed by atoms with Gasteiger partial charge in [-0.05, 0) is 35.3 Å². The molecule has 0 aliphatic heterocycles. The Morgan fingerprint density at radius 2 is 2.33 bits per heavy atom. The first-order valence-corrected chi connectivity index (χ1v) is 7.24. The number of aryl methyl sites for hydroxylation is 2. The normalized spacial score (nSPS) is 10.6. The van der Waals surface area contributed by atoms with Crippen LogP contribution in [0.5, 0.6) is 0 Å². The maximum Gasteiger partial charge on any atom is 0.275 e. The van der Waals surface area contributed by atoms with E-state index in [0.29, 0.717) is 17.4 Å². The lowest BCUT2D eigenvalue weighted by Gasteiger charge is -2.03. The minimum atomic E-state index is -0.175. The SMILES string of the molecule is CCc1cc(C(=O)Nc2ncc(Br)s2)n(CC)n1. The van der Waals surface area contributed by atoms with E-state index in [1.165, 1.54) is 11.3 Å². The highest BCUT2D eigenvalue weighted by Crippen LogP contribution is 2.23. The van der Waals surface area contributed by atoms with Gasteiger partial charge in [0.2, 0.25) is 0 Å². The topological polar surface area (TPSA) is 59.8 Å². The van der Waals surface area contributed by atoms with E-state index < -0.39 is 0 Å². The Labute approximate surface area is 117 Å². The number of aromatic nitrogens is 3. The lowest BCUT2D eigenvalue weighted by molar-refractivity contribution is 0.101. The van der Waals surface area contributed by atoms with Crippen LogP contribution >= 0.6 is 27.3 Å². The molecule has 1 N–H and O–H groups in total. The quantitative estimate of drug-likeness (QED) is 0.938. The summed E-state index contributed by atoms with van der Waals surface area (Å²) in [7, 11) is 0. The second kappa shape index (κ2) is 5.62. The van der Waals surface area contributed by atoms with Gasteiger partial charge in [0.1, 0.15) is 5.69 Å². The molecule has 2 heterocycles. The third kappa shape index (κ3) is 2.78. The lowest BCUT2D eigenvalue weighted by Crippen LogP contribution is -2.17. The Hall–Kier alpha value is -1.21. The summed E-state index contributed by atoms with van der Waals surface area (Å²) >= 11 is 4.69. The van der Waals surface area contributed by atoms with Crippen molar-refractivity contribution >= 4 is 38.3 Å². The molecule has 0 fully saturated rings. The molecule has 0 aromatic carbocycles. The highest BCUT2D eigenvalue weighted by atomic mass is 79.9. The molecule has 2 aromatic rings. The van der Waals surface area contributed by atoms with Gasteiger partial charge < -0.3 is 0 Å². The van der Waals surface area contributed by atoms with Crippen LogP contribution in [0.3, 0.4) is 0 Å². The van der Waals surface area contributed by atoms with Crippen LogP contribution in [0.2, 0.25) is 0 Å². The molecule has 0 aliphatic rings. The second-order valence-corrected chi connectivity index (χ2v) is 6.02. The number of nitrogens with one attached hydrogen (secondary N) is 1. The fraction of sp³-hybridized carbons (Fsp3) is 0.364. The number of hydrogen-bond acceptors (Lipinski definition) is 4. The number of amides is 1. The van der Waals surface area contributed by atoms with Crippen molar-refractivity contribution in [1.29, 1.82) is 0 Å². The third-order valence-corrected chi connectivity index (χ3v) is 3.81. The average molecular weight is 329 g/mol. The molecule has 1 amide bonds. The summed E-state index contributed by atoms with van der Waals surface area (Å²) in [5, 5.41) is 7.69. The maximum absolute atomic E-state index is 12.1. The van der Waals surface area contributed by atoms with Gasteiger partial charge in [0.15, 0.2) is 5.13 Å². The van der Waals surface area contributed by atoms with Crippen molar-refractivity contribution in [3.8, 4) is 0 Å². The molecule has 0 saturated heterocycles. The Morgan fingerprint density at radius 1 is 1.56 bits per heavy atom. The number of thiazole rings is 1. The van der Waals surface area contributed by atoms with Gasteiger partial charge in [-0.1, -0.05) is 18.3 Å². The standard InChI is InChI=1S/C11H13BrN4OS/c1-3-7-5-8(16(4-2)15-7)10(17)14-11-13-6-9(12)18-11/h5-6H,3-4H2,1-2H3,(H,13,14,17). The van der Waals surface area contributed by atoms with E-state index in [1.54, 1.807) is 10.9 Å². The fourth-order valence-corrected chi connectivity index (χ4v) is 2.64. The molecule has 0 bridgehead atoms. The summed E-state index contributed by atoms with van der Waals surface area (Å²) in [4.78, 5) is 16.2. The fourth-order valence-electron chi connectivity index (χ4n) is 1.54. The zero-order valence-electron chi connectivity index (χ0n) is 10.1. The molecule has 0 unspecified atom stereocenters. The van der Waals surface area contributed by atoms with Crippen LogP contribution < -0.4 is 5.32 Å². The number of anilines is 1. The smallest absolute Gasteiger partial charge is 0.275 e. The summed E-state index contributed by atoms with van der Waals surface area (Å²) in [6.45, 7) is 4.65. The number of rotatable bonds is 4. The van der Waals surface area contributed by atoms with Gasteiger partial charge in [-0.3, -0.25) is 14.8 Å². The second-order valence-electron chi connectivity index (χ2n) is 3.61.